The van der Waals surface area contributed by atoms with Gasteiger partial charge in [0, 0.05) is 57.1 Å². The molecular weight excluding hydrogens is 495 g/mol. The minimum absolute atomic E-state index is 0.0209. The number of halogens is 2. The zero-order valence-electron chi connectivity index (χ0n) is 20.0. The molecule has 3 N–H and O–H groups in total. The van der Waals surface area contributed by atoms with E-state index in [1.807, 2.05) is 0 Å². The summed E-state index contributed by atoms with van der Waals surface area (Å²) in [6, 6.07) is 1.66. The SMILES string of the molecule is CONC(=O)c1cc(N2CCC(NC(=O)c3[nH]c(C)c(Cl)c3Cl)CC2)nc(N2CCN(C)CC2)n1. The van der Waals surface area contributed by atoms with Gasteiger partial charge in [-0.05, 0) is 26.8 Å². The van der Waals surface area contributed by atoms with Crippen LogP contribution < -0.4 is 20.6 Å². The molecule has 2 aromatic rings. The Balaban J connectivity index is 1.45. The van der Waals surface area contributed by atoms with Crippen molar-refractivity contribution >= 4 is 46.8 Å². The van der Waals surface area contributed by atoms with Crippen LogP contribution in [-0.4, -0.2) is 91.1 Å². The lowest BCUT2D eigenvalue weighted by Gasteiger charge is -2.35. The van der Waals surface area contributed by atoms with Gasteiger partial charge in [0.25, 0.3) is 11.8 Å². The van der Waals surface area contributed by atoms with Crippen LogP contribution in [0.15, 0.2) is 6.07 Å². The third-order valence-electron chi connectivity index (χ3n) is 6.35. The molecule has 0 aliphatic carbocycles. The molecule has 0 bridgehead atoms. The smallest absolute Gasteiger partial charge is 0.293 e. The molecule has 2 aliphatic rings. The van der Waals surface area contributed by atoms with Gasteiger partial charge in [0.1, 0.15) is 17.2 Å². The standard InChI is InChI=1S/C22H30Cl2N8O3/c1-13-17(23)18(24)19(25-13)21(34)26-14-4-6-31(7-5-14)16-12-15(20(33)29-35-3)27-22(28-16)32-10-8-30(2)9-11-32/h12,14,25H,4-11H2,1-3H3,(H,26,34)(H,29,33). The van der Waals surface area contributed by atoms with E-state index in [2.05, 4.69) is 42.5 Å². The highest BCUT2D eigenvalue weighted by Crippen LogP contribution is 2.29. The quantitative estimate of drug-likeness (QED) is 0.490. The average molecular weight is 525 g/mol. The molecule has 0 spiro atoms. The van der Waals surface area contributed by atoms with Crippen molar-refractivity contribution in [2.75, 3.05) is 63.2 Å². The van der Waals surface area contributed by atoms with Crippen molar-refractivity contribution in [3.63, 3.8) is 0 Å². The number of aromatic nitrogens is 3. The summed E-state index contributed by atoms with van der Waals surface area (Å²) in [7, 11) is 3.46. The lowest BCUT2D eigenvalue weighted by atomic mass is 10.0. The molecule has 0 unspecified atom stereocenters. The van der Waals surface area contributed by atoms with Crippen LogP contribution in [0.3, 0.4) is 0 Å². The van der Waals surface area contributed by atoms with E-state index in [9.17, 15) is 9.59 Å². The van der Waals surface area contributed by atoms with Crippen LogP contribution in [0.4, 0.5) is 11.8 Å². The van der Waals surface area contributed by atoms with Crippen LogP contribution >= 0.6 is 23.2 Å². The number of rotatable bonds is 6. The van der Waals surface area contributed by atoms with Crippen LogP contribution in [0.2, 0.25) is 10.0 Å². The summed E-state index contributed by atoms with van der Waals surface area (Å²) in [5, 5.41) is 3.63. The molecule has 2 saturated heterocycles. The van der Waals surface area contributed by atoms with Crippen molar-refractivity contribution in [3.05, 3.63) is 33.2 Å². The highest BCUT2D eigenvalue weighted by Gasteiger charge is 2.27. The number of nitrogens with zero attached hydrogens (tertiary/aromatic N) is 5. The maximum absolute atomic E-state index is 12.7. The van der Waals surface area contributed by atoms with Gasteiger partial charge in [-0.15, -0.1) is 0 Å². The van der Waals surface area contributed by atoms with Crippen LogP contribution in [0, 0.1) is 6.92 Å². The van der Waals surface area contributed by atoms with Crippen LogP contribution in [-0.2, 0) is 4.84 Å². The van der Waals surface area contributed by atoms with Gasteiger partial charge in [0.2, 0.25) is 5.95 Å². The Kier molecular flexibility index (Phi) is 8.00. The minimum Gasteiger partial charge on any atom is -0.356 e. The number of piperazine rings is 1. The monoisotopic (exact) mass is 524 g/mol. The molecule has 2 aromatic heterocycles. The number of aromatic amines is 1. The summed E-state index contributed by atoms with van der Waals surface area (Å²) in [5.74, 6) is 0.502. The second kappa shape index (κ2) is 11.0. The normalized spacial score (nSPS) is 17.5. The van der Waals surface area contributed by atoms with Crippen molar-refractivity contribution in [1.29, 1.82) is 0 Å². The summed E-state index contributed by atoms with van der Waals surface area (Å²) in [6.45, 7) is 6.44. The molecule has 2 fully saturated rings. The molecule has 2 amide bonds. The largest absolute Gasteiger partial charge is 0.356 e. The Labute approximate surface area is 214 Å². The maximum Gasteiger partial charge on any atom is 0.293 e. The minimum atomic E-state index is -0.426. The van der Waals surface area contributed by atoms with Gasteiger partial charge in [-0.3, -0.25) is 14.4 Å². The number of hydrogen-bond donors (Lipinski definition) is 3. The highest BCUT2D eigenvalue weighted by atomic mass is 35.5. The van der Waals surface area contributed by atoms with Gasteiger partial charge >= 0.3 is 0 Å². The van der Waals surface area contributed by atoms with Gasteiger partial charge in [0.15, 0.2) is 0 Å². The Morgan fingerprint density at radius 2 is 1.71 bits per heavy atom. The van der Waals surface area contributed by atoms with Crippen molar-refractivity contribution < 1.29 is 14.4 Å². The molecule has 4 heterocycles. The zero-order valence-corrected chi connectivity index (χ0v) is 21.5. The van der Waals surface area contributed by atoms with Crippen LogP contribution in [0.5, 0.6) is 0 Å². The summed E-state index contributed by atoms with van der Waals surface area (Å²) in [6.07, 6.45) is 1.43. The number of anilines is 2. The number of aryl methyl sites for hydroxylation is 1. The van der Waals surface area contributed by atoms with E-state index in [-0.39, 0.29) is 28.4 Å². The van der Waals surface area contributed by atoms with E-state index >= 15 is 0 Å². The molecule has 11 nitrogen and oxygen atoms in total. The number of hydrogen-bond acceptors (Lipinski definition) is 8. The second-order valence-electron chi connectivity index (χ2n) is 8.82. The average Bonchev–Trinajstić information content (AvgIpc) is 3.12. The van der Waals surface area contributed by atoms with Gasteiger partial charge in [0.05, 0.1) is 17.2 Å². The number of carbonyl (C=O) groups excluding carboxylic acids is 2. The molecular formula is C22H30Cl2N8O3. The van der Waals surface area contributed by atoms with Crippen molar-refractivity contribution in [1.82, 2.24) is 30.6 Å². The number of H-pyrrole nitrogens is 1. The topological polar surface area (TPSA) is 119 Å². The first-order chi connectivity index (χ1) is 16.8. The predicted molar refractivity (Wildman–Crippen MR) is 134 cm³/mol. The highest BCUT2D eigenvalue weighted by molar-refractivity contribution is 6.44. The van der Waals surface area contributed by atoms with E-state index in [0.29, 0.717) is 48.4 Å². The Morgan fingerprint density at radius 3 is 2.31 bits per heavy atom. The van der Waals surface area contributed by atoms with Crippen LogP contribution in [0.1, 0.15) is 39.5 Å². The number of amides is 2. The maximum atomic E-state index is 12.7. The van der Waals surface area contributed by atoms with Gasteiger partial charge < -0.3 is 25.0 Å². The summed E-state index contributed by atoms with van der Waals surface area (Å²) in [5.41, 5.74) is 3.52. The summed E-state index contributed by atoms with van der Waals surface area (Å²) < 4.78 is 0. The fourth-order valence-corrected chi connectivity index (χ4v) is 4.65. The van der Waals surface area contributed by atoms with Gasteiger partial charge in [-0.25, -0.2) is 10.5 Å². The zero-order chi connectivity index (χ0) is 25.1. The predicted octanol–water partition coefficient (Wildman–Crippen LogP) is 1.86. The Hall–Kier alpha value is -2.60. The third kappa shape index (κ3) is 5.80. The van der Waals surface area contributed by atoms with Crippen molar-refractivity contribution in [2.24, 2.45) is 0 Å². The first-order valence-corrected chi connectivity index (χ1v) is 12.3. The molecule has 0 radical (unpaired) electrons. The van der Waals surface area contributed by atoms with E-state index in [1.165, 1.54) is 7.11 Å². The molecule has 0 atom stereocenters. The van der Waals surface area contributed by atoms with E-state index in [0.717, 1.165) is 26.2 Å². The van der Waals surface area contributed by atoms with Crippen molar-refractivity contribution in [3.8, 4) is 0 Å². The molecule has 190 valence electrons. The first kappa shape index (κ1) is 25.5. The number of piperidine rings is 1. The number of nitrogens with one attached hydrogen (secondary N) is 3. The fraction of sp³-hybridized carbons (Fsp3) is 0.545. The lowest BCUT2D eigenvalue weighted by molar-refractivity contribution is 0.0532. The van der Waals surface area contributed by atoms with E-state index < -0.39 is 5.91 Å². The Bertz CT molecular complexity index is 1080. The number of carbonyl (C=O) groups is 2. The van der Waals surface area contributed by atoms with Crippen molar-refractivity contribution in [2.45, 2.75) is 25.8 Å². The van der Waals surface area contributed by atoms with E-state index in [4.69, 9.17) is 33.0 Å². The second-order valence-corrected chi connectivity index (χ2v) is 9.58. The molecule has 2 aliphatic heterocycles. The fourth-order valence-electron chi connectivity index (χ4n) is 4.23. The Morgan fingerprint density at radius 1 is 1.03 bits per heavy atom. The van der Waals surface area contributed by atoms with Gasteiger partial charge in [-0.1, -0.05) is 23.2 Å². The summed E-state index contributed by atoms with van der Waals surface area (Å²) >= 11 is 12.3. The lowest BCUT2D eigenvalue weighted by Crippen LogP contribution is -2.46. The number of likely N-dealkylation sites (N-methyl/N-ethyl adjacent to an activating group) is 1. The molecule has 13 heteroatoms. The molecule has 0 saturated carbocycles. The molecule has 4 rings (SSSR count). The summed E-state index contributed by atoms with van der Waals surface area (Å²) in [4.78, 5) is 48.6. The van der Waals surface area contributed by atoms with E-state index in [1.54, 1.807) is 13.0 Å². The molecule has 0 aromatic carbocycles. The van der Waals surface area contributed by atoms with Crippen LogP contribution in [0.25, 0.3) is 0 Å². The van der Waals surface area contributed by atoms with Gasteiger partial charge in [-0.2, -0.15) is 4.98 Å². The first-order valence-electron chi connectivity index (χ1n) is 11.5. The third-order valence-corrected chi connectivity index (χ3v) is 7.30. The molecule has 35 heavy (non-hydrogen) atoms. The number of hydroxylamine groups is 1.